The van der Waals surface area contributed by atoms with Gasteiger partial charge in [-0.25, -0.2) is 4.79 Å². The molecule has 3 rings (SSSR count). The number of carbonyl (C=O) groups excluding carboxylic acids is 2. The molecule has 1 N–H and O–H groups in total. The van der Waals surface area contributed by atoms with Gasteiger partial charge in [0, 0.05) is 17.7 Å². The van der Waals surface area contributed by atoms with Crippen LogP contribution in [0.15, 0.2) is 30.3 Å². The lowest BCUT2D eigenvalue weighted by atomic mass is 9.95. The molecule has 1 aliphatic heterocycles. The van der Waals surface area contributed by atoms with Gasteiger partial charge in [-0.3, -0.25) is 4.79 Å². The van der Waals surface area contributed by atoms with Gasteiger partial charge in [-0.15, -0.1) is 0 Å². The molecule has 2 aromatic carbocycles. The molecule has 0 saturated heterocycles. The van der Waals surface area contributed by atoms with E-state index in [0.29, 0.717) is 41.5 Å². The molecule has 1 amide bonds. The van der Waals surface area contributed by atoms with Crippen LogP contribution in [0.2, 0.25) is 0 Å². The van der Waals surface area contributed by atoms with Crippen molar-refractivity contribution in [3.63, 3.8) is 0 Å². The van der Waals surface area contributed by atoms with Gasteiger partial charge in [0.2, 0.25) is 5.75 Å². The van der Waals surface area contributed by atoms with E-state index >= 15 is 0 Å². The number of fused-ring (bicyclic) bond motifs is 1. The molecule has 0 saturated carbocycles. The molecule has 31 heavy (non-hydrogen) atoms. The first-order valence-corrected chi connectivity index (χ1v) is 10.4. The van der Waals surface area contributed by atoms with Crippen molar-refractivity contribution in [2.24, 2.45) is 0 Å². The highest BCUT2D eigenvalue weighted by Crippen LogP contribution is 2.47. The zero-order valence-corrected chi connectivity index (χ0v) is 18.7. The number of ether oxygens (including phenoxy) is 4. The van der Waals surface area contributed by atoms with Crippen LogP contribution in [0.5, 0.6) is 17.2 Å². The van der Waals surface area contributed by atoms with E-state index in [1.807, 2.05) is 25.1 Å². The van der Waals surface area contributed by atoms with Crippen LogP contribution < -0.4 is 19.5 Å². The maximum Gasteiger partial charge on any atom is 0.349 e. The lowest BCUT2D eigenvalue weighted by Crippen LogP contribution is -2.40. The fourth-order valence-corrected chi connectivity index (χ4v) is 3.50. The summed E-state index contributed by atoms with van der Waals surface area (Å²) >= 11 is 0. The zero-order chi connectivity index (χ0) is 22.6. The summed E-state index contributed by atoms with van der Waals surface area (Å²) in [6.45, 7) is 6.10. The molecule has 7 nitrogen and oxygen atoms in total. The number of esters is 1. The molecular formula is C24H29NO6. The van der Waals surface area contributed by atoms with E-state index in [0.717, 1.165) is 24.0 Å². The van der Waals surface area contributed by atoms with Crippen LogP contribution in [-0.4, -0.2) is 38.3 Å². The van der Waals surface area contributed by atoms with Gasteiger partial charge in [-0.05, 0) is 49.6 Å². The molecule has 0 bridgehead atoms. The van der Waals surface area contributed by atoms with Crippen molar-refractivity contribution >= 4 is 11.9 Å². The lowest BCUT2D eigenvalue weighted by Gasteiger charge is -2.28. The van der Waals surface area contributed by atoms with E-state index < -0.39 is 11.6 Å². The molecular weight excluding hydrogens is 398 g/mol. The summed E-state index contributed by atoms with van der Waals surface area (Å²) in [6.07, 6.45) is 1.71. The van der Waals surface area contributed by atoms with E-state index in [2.05, 4.69) is 5.32 Å². The molecule has 0 unspecified atom stereocenters. The van der Waals surface area contributed by atoms with Gasteiger partial charge >= 0.3 is 5.97 Å². The third-order valence-electron chi connectivity index (χ3n) is 5.22. The fourth-order valence-electron chi connectivity index (χ4n) is 3.50. The third-order valence-corrected chi connectivity index (χ3v) is 5.22. The number of rotatable bonds is 9. The van der Waals surface area contributed by atoms with Crippen molar-refractivity contribution in [3.05, 3.63) is 41.5 Å². The van der Waals surface area contributed by atoms with Gasteiger partial charge in [-0.2, -0.15) is 0 Å². The highest BCUT2D eigenvalue weighted by Gasteiger charge is 2.35. The summed E-state index contributed by atoms with van der Waals surface area (Å²) in [5.74, 6) is 0.612. The van der Waals surface area contributed by atoms with Gasteiger partial charge in [0.05, 0.1) is 20.8 Å². The summed E-state index contributed by atoms with van der Waals surface area (Å²) in [4.78, 5) is 24.9. The number of benzene rings is 2. The van der Waals surface area contributed by atoms with Crippen LogP contribution in [0.3, 0.4) is 0 Å². The summed E-state index contributed by atoms with van der Waals surface area (Å²) < 4.78 is 22.7. The van der Waals surface area contributed by atoms with Gasteiger partial charge in [0.1, 0.15) is 0 Å². The molecule has 7 heteroatoms. The SMILES string of the molecule is CCCCOC(=O)C(C)(C)Oc1c(-c2cccc3c2CNC3=O)ccc(OC)c1OC. The molecule has 0 aliphatic carbocycles. The third kappa shape index (κ3) is 4.45. The molecule has 0 atom stereocenters. The molecule has 166 valence electrons. The second-order valence-corrected chi connectivity index (χ2v) is 7.79. The van der Waals surface area contributed by atoms with Gasteiger partial charge in [-0.1, -0.05) is 25.5 Å². The first-order chi connectivity index (χ1) is 14.8. The van der Waals surface area contributed by atoms with E-state index in [-0.39, 0.29) is 5.91 Å². The number of methoxy groups -OCH3 is 2. The normalized spacial score (nSPS) is 12.7. The first-order valence-electron chi connectivity index (χ1n) is 10.4. The first kappa shape index (κ1) is 22.5. The predicted molar refractivity (Wildman–Crippen MR) is 117 cm³/mol. The standard InChI is InChI=1S/C24H29NO6/c1-6-7-13-30-23(27)24(2,3)31-20-16(11-12-19(28-4)21(20)29-5)15-9-8-10-17-18(15)14-25-22(17)26/h8-12H,6-7,13-14H2,1-5H3,(H,25,26). The van der Waals surface area contributed by atoms with Crippen molar-refractivity contribution in [3.8, 4) is 28.4 Å². The van der Waals surface area contributed by atoms with E-state index in [1.165, 1.54) is 14.2 Å². The van der Waals surface area contributed by atoms with Crippen LogP contribution in [0.25, 0.3) is 11.1 Å². The lowest BCUT2D eigenvalue weighted by molar-refractivity contribution is -0.159. The second-order valence-electron chi connectivity index (χ2n) is 7.79. The molecule has 0 radical (unpaired) electrons. The quantitative estimate of drug-likeness (QED) is 0.479. The molecule has 0 aromatic heterocycles. The monoisotopic (exact) mass is 427 g/mol. The minimum Gasteiger partial charge on any atom is -0.493 e. The summed E-state index contributed by atoms with van der Waals surface area (Å²) in [5.41, 5.74) is 1.74. The number of hydrogen-bond donors (Lipinski definition) is 1. The van der Waals surface area contributed by atoms with Gasteiger partial charge in [0.25, 0.3) is 5.91 Å². The molecule has 2 aromatic rings. The Morgan fingerprint density at radius 3 is 2.45 bits per heavy atom. The van der Waals surface area contributed by atoms with Crippen molar-refractivity contribution in [1.29, 1.82) is 0 Å². The summed E-state index contributed by atoms with van der Waals surface area (Å²) in [6, 6.07) is 9.14. The second kappa shape index (κ2) is 9.29. The number of carbonyl (C=O) groups is 2. The fraction of sp³-hybridized carbons (Fsp3) is 0.417. The highest BCUT2D eigenvalue weighted by molar-refractivity contribution is 6.01. The molecule has 0 spiro atoms. The van der Waals surface area contributed by atoms with Crippen LogP contribution in [-0.2, 0) is 16.1 Å². The van der Waals surface area contributed by atoms with Crippen molar-refractivity contribution in [2.75, 3.05) is 20.8 Å². The Balaban J connectivity index is 2.09. The number of unbranched alkanes of at least 4 members (excludes halogenated alkanes) is 1. The Bertz CT molecular complexity index is 982. The minimum absolute atomic E-state index is 0.111. The van der Waals surface area contributed by atoms with E-state index in [1.54, 1.807) is 26.0 Å². The average Bonchev–Trinajstić information content (AvgIpc) is 3.14. The van der Waals surface area contributed by atoms with Crippen molar-refractivity contribution in [2.45, 2.75) is 45.8 Å². The smallest absolute Gasteiger partial charge is 0.349 e. The Morgan fingerprint density at radius 1 is 1.03 bits per heavy atom. The largest absolute Gasteiger partial charge is 0.493 e. The Labute approximate surface area is 182 Å². The van der Waals surface area contributed by atoms with Crippen LogP contribution in [0, 0.1) is 0 Å². The van der Waals surface area contributed by atoms with Gasteiger partial charge < -0.3 is 24.3 Å². The molecule has 0 fully saturated rings. The Hall–Kier alpha value is -3.22. The predicted octanol–water partition coefficient (Wildman–Crippen LogP) is 4.11. The van der Waals surface area contributed by atoms with Crippen LogP contribution in [0.1, 0.15) is 49.5 Å². The zero-order valence-electron chi connectivity index (χ0n) is 18.7. The average molecular weight is 427 g/mol. The topological polar surface area (TPSA) is 83.1 Å². The van der Waals surface area contributed by atoms with Crippen LogP contribution >= 0.6 is 0 Å². The molecule has 1 heterocycles. The van der Waals surface area contributed by atoms with Crippen molar-refractivity contribution in [1.82, 2.24) is 5.32 Å². The Morgan fingerprint density at radius 2 is 1.77 bits per heavy atom. The minimum atomic E-state index is -1.27. The number of hydrogen-bond acceptors (Lipinski definition) is 6. The maximum atomic E-state index is 12.7. The Kier molecular flexibility index (Phi) is 6.73. The maximum absolute atomic E-state index is 12.7. The number of nitrogens with one attached hydrogen (secondary N) is 1. The van der Waals surface area contributed by atoms with Crippen molar-refractivity contribution < 1.29 is 28.5 Å². The molecule has 1 aliphatic rings. The van der Waals surface area contributed by atoms with E-state index in [9.17, 15) is 9.59 Å². The highest BCUT2D eigenvalue weighted by atomic mass is 16.6. The van der Waals surface area contributed by atoms with E-state index in [4.69, 9.17) is 18.9 Å². The number of amides is 1. The summed E-state index contributed by atoms with van der Waals surface area (Å²) in [7, 11) is 3.05. The van der Waals surface area contributed by atoms with Crippen LogP contribution in [0.4, 0.5) is 0 Å². The van der Waals surface area contributed by atoms with Gasteiger partial charge in [0.15, 0.2) is 17.1 Å². The summed E-state index contributed by atoms with van der Waals surface area (Å²) in [5, 5.41) is 2.85.